The summed E-state index contributed by atoms with van der Waals surface area (Å²) in [5.41, 5.74) is 0. The van der Waals surface area contributed by atoms with E-state index in [0.717, 1.165) is 0 Å². The third-order valence-electron chi connectivity index (χ3n) is 0. The molecule has 0 aliphatic heterocycles. The molecule has 0 amide bonds. The Labute approximate surface area is 73.5 Å². The second-order valence-corrected chi connectivity index (χ2v) is 11.9. The molecule has 0 N–H and O–H groups in total. The van der Waals surface area contributed by atoms with Crippen LogP contribution in [-0.2, 0) is 9.47 Å². The van der Waals surface area contributed by atoms with Crippen LogP contribution in [0.2, 0.25) is 0 Å². The van der Waals surface area contributed by atoms with E-state index in [-0.39, 0.29) is 25.8 Å². The SMILES string of the molecule is [I][V][I].[In]. The molecule has 0 aliphatic carbocycles. The fourth-order valence-electron chi connectivity index (χ4n) is 0. The van der Waals surface area contributed by atoms with Gasteiger partial charge < -0.3 is 0 Å². The Morgan fingerprint density at radius 2 is 1.25 bits per heavy atom. The normalized spacial score (nSPS) is 3.50. The molecule has 3 radical (unpaired) electrons. The molecule has 0 spiro atoms. The molecule has 0 heterocycles. The second-order valence-electron chi connectivity index (χ2n) is 0.0639. The Morgan fingerprint density at radius 1 is 1.25 bits per heavy atom. The van der Waals surface area contributed by atoms with E-state index in [4.69, 9.17) is 0 Å². The molecule has 4 heavy (non-hydrogen) atoms. The molecule has 0 rings (SSSR count). The maximum atomic E-state index is 2.37. The molecule has 0 aliphatic rings. The Hall–Kier alpha value is 2.91. The summed E-state index contributed by atoms with van der Waals surface area (Å²) in [5.74, 6) is 0. The predicted molar refractivity (Wildman–Crippen MR) is 33.8 cm³/mol. The van der Waals surface area contributed by atoms with E-state index in [9.17, 15) is 0 Å². The van der Waals surface area contributed by atoms with Crippen molar-refractivity contribution in [2.75, 3.05) is 0 Å². The van der Waals surface area contributed by atoms with Gasteiger partial charge in [-0.05, 0) is 0 Å². The van der Waals surface area contributed by atoms with Gasteiger partial charge in [0, 0.05) is 25.8 Å². The molecule has 0 aromatic heterocycles. The molecule has 0 unspecified atom stereocenters. The molecule has 0 fully saturated rings. The summed E-state index contributed by atoms with van der Waals surface area (Å²) < 4.78 is 0. The molecule has 4 heteroatoms. The van der Waals surface area contributed by atoms with Crippen LogP contribution in [0.5, 0.6) is 0 Å². The topological polar surface area (TPSA) is 0 Å². The maximum Gasteiger partial charge on any atom is 0 e. The van der Waals surface area contributed by atoms with Crippen LogP contribution in [0, 0.1) is 0 Å². The molecule has 0 nitrogen and oxygen atoms in total. The van der Waals surface area contributed by atoms with Crippen LogP contribution in [0.15, 0.2) is 0 Å². The van der Waals surface area contributed by atoms with Crippen LogP contribution >= 0.6 is 40.0 Å². The zero-order chi connectivity index (χ0) is 2.71. The molecule has 0 saturated heterocycles. The summed E-state index contributed by atoms with van der Waals surface area (Å²) in [6.45, 7) is 0. The molecule has 0 atom stereocenters. The van der Waals surface area contributed by atoms with Crippen molar-refractivity contribution >= 4 is 65.8 Å². The summed E-state index contributed by atoms with van der Waals surface area (Å²) in [6, 6.07) is 0. The van der Waals surface area contributed by atoms with Crippen LogP contribution in [0.25, 0.3) is 0 Å². The van der Waals surface area contributed by atoms with E-state index < -0.39 is 0 Å². The Balaban J connectivity index is 0. The molecule has 0 saturated carbocycles. The third kappa shape index (κ3) is 8.87. The van der Waals surface area contributed by atoms with Crippen molar-refractivity contribution in [3.05, 3.63) is 0 Å². The molecule has 0 aromatic rings. The van der Waals surface area contributed by atoms with Crippen molar-refractivity contribution in [3.8, 4) is 0 Å². The van der Waals surface area contributed by atoms with E-state index in [2.05, 4.69) is 40.0 Å². The standard InChI is InChI=1S/2HI.In.V/h2*1H;;/q;;;+2/p-2. The maximum absolute atomic E-state index is 2.37. The van der Waals surface area contributed by atoms with Crippen LogP contribution in [-0.4, -0.2) is 25.8 Å². The fraction of sp³-hybridized carbons (Fsp3) is 0. The van der Waals surface area contributed by atoms with Gasteiger partial charge in [-0.3, -0.25) is 0 Å². The van der Waals surface area contributed by atoms with Crippen LogP contribution in [0.3, 0.4) is 0 Å². The van der Waals surface area contributed by atoms with Gasteiger partial charge in [0.2, 0.25) is 0 Å². The van der Waals surface area contributed by atoms with Gasteiger partial charge in [-0.1, -0.05) is 0 Å². The summed E-state index contributed by atoms with van der Waals surface area (Å²) in [4.78, 5) is 0. The number of hydrogen-bond donors (Lipinski definition) is 0. The average Bonchev–Trinajstić information content (AvgIpc) is 0.918. The van der Waals surface area contributed by atoms with Gasteiger partial charge in [-0.15, -0.1) is 0 Å². The molecule has 0 aromatic carbocycles. The first-order valence-corrected chi connectivity index (χ1v) is 9.35. The van der Waals surface area contributed by atoms with Gasteiger partial charge in [0.05, 0.1) is 0 Å². The van der Waals surface area contributed by atoms with E-state index in [1.807, 2.05) is 0 Å². The minimum Gasteiger partial charge on any atom is 0 e. The molecular formula is I2InV. The number of hydrogen-bond acceptors (Lipinski definition) is 0. The van der Waals surface area contributed by atoms with Crippen LogP contribution in [0.4, 0.5) is 0 Å². The first-order chi connectivity index (χ1) is 1.41. The van der Waals surface area contributed by atoms with Crippen molar-refractivity contribution in [1.29, 1.82) is 0 Å². The largest absolute Gasteiger partial charge is 0 e. The van der Waals surface area contributed by atoms with Crippen LogP contribution in [0.1, 0.15) is 0 Å². The van der Waals surface area contributed by atoms with Crippen molar-refractivity contribution < 1.29 is 9.47 Å². The van der Waals surface area contributed by atoms with Gasteiger partial charge in [-0.25, -0.2) is 0 Å². The summed E-state index contributed by atoms with van der Waals surface area (Å²) >= 11 is 4.74. The number of rotatable bonds is 0. The quantitative estimate of drug-likeness (QED) is 0.521. The van der Waals surface area contributed by atoms with Gasteiger partial charge in [-0.2, -0.15) is 0 Å². The zero-order valence-electron chi connectivity index (χ0n) is 1.78. The van der Waals surface area contributed by atoms with Gasteiger partial charge in [0.25, 0.3) is 0 Å². The molecule has 22 valence electrons. The summed E-state index contributed by atoms with van der Waals surface area (Å²) in [5, 5.41) is 0. The smallest absolute Gasteiger partial charge is 0 e. The Kier molecular flexibility index (Phi) is 23.3. The van der Waals surface area contributed by atoms with Crippen molar-refractivity contribution in [1.82, 2.24) is 0 Å². The predicted octanol–water partition coefficient (Wildman–Crippen LogP) is 1.39. The first kappa shape index (κ1) is 10.0. The van der Waals surface area contributed by atoms with Crippen molar-refractivity contribution in [2.45, 2.75) is 0 Å². The van der Waals surface area contributed by atoms with Crippen LogP contribution < -0.4 is 0 Å². The first-order valence-electron chi connectivity index (χ1n) is 0.338. The minimum absolute atomic E-state index is 0. The summed E-state index contributed by atoms with van der Waals surface area (Å²) in [7, 11) is 0.628. The Morgan fingerprint density at radius 3 is 1.25 bits per heavy atom. The van der Waals surface area contributed by atoms with Crippen molar-refractivity contribution in [3.63, 3.8) is 0 Å². The van der Waals surface area contributed by atoms with E-state index in [0.29, 0.717) is 9.47 Å². The van der Waals surface area contributed by atoms with Gasteiger partial charge in [0.1, 0.15) is 0 Å². The monoisotopic (exact) mass is 420 g/mol. The van der Waals surface area contributed by atoms with E-state index in [1.165, 1.54) is 0 Å². The van der Waals surface area contributed by atoms with Crippen molar-refractivity contribution in [2.24, 2.45) is 0 Å². The fourth-order valence-corrected chi connectivity index (χ4v) is 0. The second kappa shape index (κ2) is 9.32. The minimum atomic E-state index is 0. The zero-order valence-corrected chi connectivity index (χ0v) is 10.8. The van der Waals surface area contributed by atoms with E-state index >= 15 is 0 Å². The molecule has 0 bridgehead atoms. The average molecular weight is 420 g/mol. The summed E-state index contributed by atoms with van der Waals surface area (Å²) in [6.07, 6.45) is 0. The third-order valence-corrected chi connectivity index (χ3v) is 0. The van der Waals surface area contributed by atoms with E-state index in [1.54, 1.807) is 0 Å². The molecular weight excluding hydrogens is 420 g/mol. The Bertz CT molecular complexity index is 6.00. The number of halogens is 2. The van der Waals surface area contributed by atoms with Gasteiger partial charge in [0.15, 0.2) is 0 Å². The van der Waals surface area contributed by atoms with Gasteiger partial charge >= 0.3 is 49.4 Å².